The molecule has 0 saturated heterocycles. The molecule has 0 amide bonds. The Kier molecular flexibility index (Phi) is 4.75. The molecule has 3 aromatic carbocycles. The van der Waals surface area contributed by atoms with E-state index in [0.717, 1.165) is 0 Å². The maximum absolute atomic E-state index is 2.50. The largest absolute Gasteiger partial charge is 0.219 e. The first kappa shape index (κ1) is 21.0. The molecule has 0 bridgehead atoms. The van der Waals surface area contributed by atoms with Crippen LogP contribution >= 0.6 is 0 Å². The minimum Gasteiger partial charge on any atom is -0.195 e. The molecule has 7 rings (SSSR count). The Labute approximate surface area is 212 Å². The molecule has 2 aliphatic heterocycles. The van der Waals surface area contributed by atoms with Gasteiger partial charge in [0.25, 0.3) is 0 Å². The molecule has 0 radical (unpaired) electrons. The van der Waals surface area contributed by atoms with Gasteiger partial charge in [-0.25, -0.2) is 0 Å². The zero-order valence-corrected chi connectivity index (χ0v) is 20.6. The Morgan fingerprint density at radius 2 is 1.33 bits per heavy atom. The number of allylic oxidation sites excluding steroid dienone is 1. The average Bonchev–Trinajstić information content (AvgIpc) is 3.24. The van der Waals surface area contributed by atoms with Crippen molar-refractivity contribution in [1.82, 2.24) is 0 Å². The van der Waals surface area contributed by atoms with Crippen molar-refractivity contribution < 1.29 is 9.13 Å². The molecule has 36 heavy (non-hydrogen) atoms. The molecule has 0 aliphatic carbocycles. The highest BCUT2D eigenvalue weighted by molar-refractivity contribution is 5.82. The minimum atomic E-state index is 0.254. The quantitative estimate of drug-likeness (QED) is 0.241. The monoisotopic (exact) mass is 464 g/mol. The van der Waals surface area contributed by atoms with Gasteiger partial charge in [-0.2, -0.15) is 9.13 Å². The fourth-order valence-corrected chi connectivity index (χ4v) is 6.10. The maximum atomic E-state index is 2.50. The molecule has 4 heterocycles. The summed E-state index contributed by atoms with van der Waals surface area (Å²) in [5.74, 6) is 0.254. The van der Waals surface area contributed by atoms with Crippen LogP contribution in [0.4, 0.5) is 0 Å². The van der Waals surface area contributed by atoms with Gasteiger partial charge in [0.1, 0.15) is 0 Å². The van der Waals surface area contributed by atoms with Crippen molar-refractivity contribution in [3.8, 4) is 33.6 Å². The van der Waals surface area contributed by atoms with Crippen molar-refractivity contribution in [3.63, 3.8) is 0 Å². The summed E-state index contributed by atoms with van der Waals surface area (Å²) in [7, 11) is 0. The van der Waals surface area contributed by atoms with E-state index in [1.807, 2.05) is 0 Å². The van der Waals surface area contributed by atoms with E-state index in [9.17, 15) is 0 Å². The van der Waals surface area contributed by atoms with Gasteiger partial charge < -0.3 is 0 Å². The molecule has 2 nitrogen and oxygen atoms in total. The first-order valence-corrected chi connectivity index (χ1v) is 12.7. The number of hydrogen-bond donors (Lipinski definition) is 0. The fraction of sp³-hybridized carbons (Fsp3) is 0.118. The van der Waals surface area contributed by atoms with E-state index in [-0.39, 0.29) is 5.92 Å². The molecular weight excluding hydrogens is 436 g/mol. The van der Waals surface area contributed by atoms with Gasteiger partial charge in [0.05, 0.1) is 22.6 Å². The summed E-state index contributed by atoms with van der Waals surface area (Å²) in [6, 6.07) is 37.7. The summed E-state index contributed by atoms with van der Waals surface area (Å²) in [5, 5.41) is 0. The van der Waals surface area contributed by atoms with Crippen LogP contribution in [-0.4, -0.2) is 0 Å². The van der Waals surface area contributed by atoms with Crippen LogP contribution in [0.25, 0.3) is 39.3 Å². The average molecular weight is 465 g/mol. The molecule has 2 unspecified atom stereocenters. The summed E-state index contributed by atoms with van der Waals surface area (Å²) < 4.78 is 4.84. The number of pyridine rings is 2. The summed E-state index contributed by atoms with van der Waals surface area (Å²) in [6.45, 7) is 4.53. The van der Waals surface area contributed by atoms with Gasteiger partial charge in [-0.15, -0.1) is 0 Å². The number of rotatable bonds is 2. The molecule has 172 valence electrons. The molecule has 0 saturated carbocycles. The second kappa shape index (κ2) is 8.13. The third-order valence-electron chi connectivity index (χ3n) is 7.92. The summed E-state index contributed by atoms with van der Waals surface area (Å²) in [5.41, 5.74) is 12.9. The first-order valence-electron chi connectivity index (χ1n) is 12.7. The smallest absolute Gasteiger partial charge is 0.195 e. The van der Waals surface area contributed by atoms with E-state index in [4.69, 9.17) is 0 Å². The van der Waals surface area contributed by atoms with Crippen molar-refractivity contribution in [2.24, 2.45) is 0 Å². The molecule has 2 atom stereocenters. The minimum absolute atomic E-state index is 0.254. The normalized spacial score (nSPS) is 18.3. The number of aryl methyl sites for hydroxylation is 1. The van der Waals surface area contributed by atoms with E-state index in [1.54, 1.807) is 0 Å². The van der Waals surface area contributed by atoms with Crippen LogP contribution in [0.15, 0.2) is 122 Å². The van der Waals surface area contributed by atoms with E-state index in [2.05, 4.69) is 145 Å². The zero-order chi connectivity index (χ0) is 24.2. The lowest BCUT2D eigenvalue weighted by Gasteiger charge is -2.26. The highest BCUT2D eigenvalue weighted by Crippen LogP contribution is 2.42. The first-order chi connectivity index (χ1) is 17.7. The summed E-state index contributed by atoms with van der Waals surface area (Å²) >= 11 is 0. The summed E-state index contributed by atoms with van der Waals surface area (Å²) in [6.07, 6.45) is 7.05. The number of benzene rings is 3. The lowest BCUT2D eigenvalue weighted by Crippen LogP contribution is -2.45. The van der Waals surface area contributed by atoms with Crippen molar-refractivity contribution in [1.29, 1.82) is 0 Å². The number of fused-ring (bicyclic) bond motifs is 6. The van der Waals surface area contributed by atoms with Crippen LogP contribution in [0, 0.1) is 6.92 Å². The molecule has 0 fully saturated rings. The molecule has 2 heteroatoms. The number of hydrogen-bond acceptors (Lipinski definition) is 0. The molecule has 2 aromatic heterocycles. The van der Waals surface area contributed by atoms with Crippen molar-refractivity contribution in [2.45, 2.75) is 25.8 Å². The van der Waals surface area contributed by atoms with E-state index in [1.165, 1.54) is 56.0 Å². The highest BCUT2D eigenvalue weighted by Gasteiger charge is 2.39. The second-order valence-corrected chi connectivity index (χ2v) is 9.93. The Morgan fingerprint density at radius 3 is 2.17 bits per heavy atom. The molecule has 5 aromatic rings. The van der Waals surface area contributed by atoms with Crippen LogP contribution in [-0.2, 0) is 0 Å². The SMILES string of the molecule is Cc1ccccc1-c1ccc2[n+](c1)/C(=C/C1c3ccccc3-c3cccc[n+]3C1C)c1ccccc1-2. The van der Waals surface area contributed by atoms with Gasteiger partial charge >= 0.3 is 0 Å². The molecule has 2 aliphatic rings. The third-order valence-corrected chi connectivity index (χ3v) is 7.92. The van der Waals surface area contributed by atoms with Gasteiger partial charge in [-0.3, -0.25) is 0 Å². The maximum Gasteiger partial charge on any atom is 0.219 e. The lowest BCUT2D eigenvalue weighted by molar-refractivity contribution is -0.713. The Hall–Kier alpha value is -4.30. The van der Waals surface area contributed by atoms with Gasteiger partial charge in [0.15, 0.2) is 18.4 Å². The van der Waals surface area contributed by atoms with Crippen LogP contribution in [0.3, 0.4) is 0 Å². The van der Waals surface area contributed by atoms with Crippen LogP contribution in [0.5, 0.6) is 0 Å². The van der Waals surface area contributed by atoms with Gasteiger partial charge in [0.2, 0.25) is 17.1 Å². The van der Waals surface area contributed by atoms with Gasteiger partial charge in [-0.05, 0) is 60.9 Å². The van der Waals surface area contributed by atoms with Gasteiger partial charge in [-0.1, -0.05) is 54.6 Å². The van der Waals surface area contributed by atoms with Crippen LogP contribution in [0.1, 0.15) is 35.6 Å². The predicted octanol–water partition coefficient (Wildman–Crippen LogP) is 7.13. The Balaban J connectivity index is 1.45. The number of nitrogens with zero attached hydrogens (tertiary/aromatic N) is 2. The zero-order valence-electron chi connectivity index (χ0n) is 20.6. The van der Waals surface area contributed by atoms with E-state index >= 15 is 0 Å². The fourth-order valence-electron chi connectivity index (χ4n) is 6.10. The van der Waals surface area contributed by atoms with Crippen molar-refractivity contribution in [2.75, 3.05) is 0 Å². The topological polar surface area (TPSA) is 7.76 Å². The Bertz CT molecular complexity index is 1680. The molecule has 0 N–H and O–H groups in total. The number of aromatic nitrogens is 2. The highest BCUT2D eigenvalue weighted by atomic mass is 15.0. The van der Waals surface area contributed by atoms with Crippen LogP contribution < -0.4 is 9.13 Å². The Morgan fingerprint density at radius 1 is 0.639 bits per heavy atom. The summed E-state index contributed by atoms with van der Waals surface area (Å²) in [4.78, 5) is 0. The second-order valence-electron chi connectivity index (χ2n) is 9.93. The third kappa shape index (κ3) is 3.11. The predicted molar refractivity (Wildman–Crippen MR) is 145 cm³/mol. The van der Waals surface area contributed by atoms with Crippen molar-refractivity contribution >= 4 is 5.70 Å². The van der Waals surface area contributed by atoms with E-state index in [0.29, 0.717) is 6.04 Å². The standard InChI is InChI=1S/C34H28N2/c1-23-11-3-4-12-26(23)25-18-19-33-29-15-7-8-16-30(29)34(36(33)22-25)21-31-24(2)35-20-10-9-17-32(35)28-14-6-5-13-27(28)31/h3-22,24,31H,1-2H3/q+2/b34-21+. The van der Waals surface area contributed by atoms with Gasteiger partial charge in [0, 0.05) is 29.8 Å². The van der Waals surface area contributed by atoms with Crippen LogP contribution in [0.2, 0.25) is 0 Å². The molecule has 0 spiro atoms. The van der Waals surface area contributed by atoms with Crippen molar-refractivity contribution in [3.05, 3.63) is 138 Å². The molecular formula is C34H28N2+2. The van der Waals surface area contributed by atoms with E-state index < -0.39 is 0 Å². The lowest BCUT2D eigenvalue weighted by atomic mass is 9.82.